The van der Waals surface area contributed by atoms with E-state index in [9.17, 15) is 18.0 Å². The zero-order valence-corrected chi connectivity index (χ0v) is 13.6. The lowest BCUT2D eigenvalue weighted by atomic mass is 10.0. The SMILES string of the molecule is NC(=O)c1cnn2ccc(N3C[C@H](F)C[C@@H]3c3cc(F)ccc3F)cc12. The largest absolute Gasteiger partial charge is 0.365 e. The lowest BCUT2D eigenvalue weighted by Gasteiger charge is -2.27. The van der Waals surface area contributed by atoms with Gasteiger partial charge in [0.05, 0.1) is 23.3 Å². The maximum Gasteiger partial charge on any atom is 0.252 e. The molecule has 134 valence electrons. The zero-order chi connectivity index (χ0) is 18.4. The number of anilines is 1. The van der Waals surface area contributed by atoms with Gasteiger partial charge < -0.3 is 10.6 Å². The number of primary amides is 1. The summed E-state index contributed by atoms with van der Waals surface area (Å²) in [6.45, 7) is 0.0385. The van der Waals surface area contributed by atoms with Gasteiger partial charge in [-0.25, -0.2) is 17.7 Å². The molecule has 1 amide bonds. The fourth-order valence-electron chi connectivity index (χ4n) is 3.47. The van der Waals surface area contributed by atoms with Gasteiger partial charge in [-0.05, 0) is 30.3 Å². The van der Waals surface area contributed by atoms with Crippen LogP contribution in [0.1, 0.15) is 28.4 Å². The van der Waals surface area contributed by atoms with Gasteiger partial charge in [-0.15, -0.1) is 0 Å². The molecule has 1 aromatic carbocycles. The monoisotopic (exact) mass is 360 g/mol. The number of halogens is 3. The van der Waals surface area contributed by atoms with Crippen LogP contribution in [0.15, 0.2) is 42.7 Å². The molecular weight excluding hydrogens is 345 g/mol. The van der Waals surface area contributed by atoms with Crippen molar-refractivity contribution in [3.05, 3.63) is 65.5 Å². The summed E-state index contributed by atoms with van der Waals surface area (Å²) < 4.78 is 43.4. The van der Waals surface area contributed by atoms with Crippen molar-refractivity contribution in [2.24, 2.45) is 5.73 Å². The van der Waals surface area contributed by atoms with Gasteiger partial charge in [-0.3, -0.25) is 4.79 Å². The molecule has 8 heteroatoms. The molecule has 1 fully saturated rings. The average Bonchev–Trinajstić information content (AvgIpc) is 3.19. The van der Waals surface area contributed by atoms with Crippen LogP contribution in [0.4, 0.5) is 18.9 Å². The Bertz CT molecular complexity index is 1000. The highest BCUT2D eigenvalue weighted by molar-refractivity contribution is 5.99. The molecule has 1 aliphatic rings. The minimum absolute atomic E-state index is 0.0385. The lowest BCUT2D eigenvalue weighted by Crippen LogP contribution is -2.24. The molecular formula is C18H15F3N4O. The molecule has 0 bridgehead atoms. The van der Waals surface area contributed by atoms with Crippen molar-refractivity contribution in [1.29, 1.82) is 0 Å². The molecule has 2 N–H and O–H groups in total. The molecule has 0 unspecified atom stereocenters. The quantitative estimate of drug-likeness (QED) is 0.781. The molecule has 3 aromatic rings. The van der Waals surface area contributed by atoms with Gasteiger partial charge in [-0.1, -0.05) is 0 Å². The van der Waals surface area contributed by atoms with E-state index in [4.69, 9.17) is 5.73 Å². The Morgan fingerprint density at radius 2 is 2.04 bits per heavy atom. The first-order chi connectivity index (χ1) is 12.4. The van der Waals surface area contributed by atoms with Crippen molar-refractivity contribution in [2.45, 2.75) is 18.6 Å². The first-order valence-corrected chi connectivity index (χ1v) is 8.07. The van der Waals surface area contributed by atoms with Crippen LogP contribution in [0.3, 0.4) is 0 Å². The van der Waals surface area contributed by atoms with E-state index in [1.165, 1.54) is 10.7 Å². The minimum Gasteiger partial charge on any atom is -0.365 e. The summed E-state index contributed by atoms with van der Waals surface area (Å²) in [5.74, 6) is -1.79. The second kappa shape index (κ2) is 6.05. The topological polar surface area (TPSA) is 63.6 Å². The van der Waals surface area contributed by atoms with E-state index in [2.05, 4.69) is 5.10 Å². The molecule has 2 aromatic heterocycles. The highest BCUT2D eigenvalue weighted by Crippen LogP contribution is 2.39. The van der Waals surface area contributed by atoms with E-state index in [1.54, 1.807) is 23.2 Å². The van der Waals surface area contributed by atoms with Crippen LogP contribution in [0.25, 0.3) is 5.52 Å². The molecule has 26 heavy (non-hydrogen) atoms. The number of benzene rings is 1. The lowest BCUT2D eigenvalue weighted by molar-refractivity contribution is 0.100. The first-order valence-electron chi connectivity index (χ1n) is 8.07. The third kappa shape index (κ3) is 2.67. The Balaban J connectivity index is 1.80. The van der Waals surface area contributed by atoms with Crippen molar-refractivity contribution in [2.75, 3.05) is 11.4 Å². The van der Waals surface area contributed by atoms with E-state index in [0.29, 0.717) is 11.2 Å². The van der Waals surface area contributed by atoms with Gasteiger partial charge in [0, 0.05) is 30.4 Å². The number of carbonyl (C=O) groups excluding carboxylic acids is 1. The summed E-state index contributed by atoms with van der Waals surface area (Å²) in [4.78, 5) is 13.2. The predicted molar refractivity (Wildman–Crippen MR) is 89.7 cm³/mol. The van der Waals surface area contributed by atoms with E-state index in [0.717, 1.165) is 18.2 Å². The number of hydrogen-bond acceptors (Lipinski definition) is 3. The van der Waals surface area contributed by atoms with Gasteiger partial charge in [0.1, 0.15) is 17.8 Å². The van der Waals surface area contributed by atoms with E-state index in [-0.39, 0.29) is 24.1 Å². The predicted octanol–water partition coefficient (Wildman–Crippen LogP) is 3.00. The van der Waals surface area contributed by atoms with Crippen molar-refractivity contribution >= 4 is 17.1 Å². The Labute approximate surface area is 146 Å². The fraction of sp³-hybridized carbons (Fsp3) is 0.222. The maximum atomic E-state index is 14.2. The van der Waals surface area contributed by atoms with Crippen molar-refractivity contribution < 1.29 is 18.0 Å². The zero-order valence-electron chi connectivity index (χ0n) is 13.6. The number of fused-ring (bicyclic) bond motifs is 1. The third-order valence-electron chi connectivity index (χ3n) is 4.67. The van der Waals surface area contributed by atoms with E-state index >= 15 is 0 Å². The molecule has 1 saturated heterocycles. The number of carbonyl (C=O) groups is 1. The first kappa shape index (κ1) is 16.4. The highest BCUT2D eigenvalue weighted by atomic mass is 19.1. The van der Waals surface area contributed by atoms with Crippen LogP contribution in [0.2, 0.25) is 0 Å². The molecule has 0 aliphatic carbocycles. The number of nitrogens with two attached hydrogens (primary N) is 1. The maximum absolute atomic E-state index is 14.2. The minimum atomic E-state index is -1.18. The van der Waals surface area contributed by atoms with E-state index < -0.39 is 29.8 Å². The summed E-state index contributed by atoms with van der Waals surface area (Å²) in [5.41, 5.74) is 6.73. The van der Waals surface area contributed by atoms with Gasteiger partial charge in [0.15, 0.2) is 0 Å². The standard InChI is InChI=1S/C18H15F3N4O/c19-10-1-2-15(21)13(5-10)16-6-11(20)9-24(16)12-3-4-25-17(7-12)14(8-23-25)18(22)26/h1-5,7-8,11,16H,6,9H2,(H2,22,26)/t11-,16-/m1/s1. The Kier molecular flexibility index (Phi) is 3.82. The van der Waals surface area contributed by atoms with Crippen LogP contribution < -0.4 is 10.6 Å². The second-order valence-electron chi connectivity index (χ2n) is 6.30. The summed E-state index contributed by atoms with van der Waals surface area (Å²) in [6, 6.07) is 5.85. The third-order valence-corrected chi connectivity index (χ3v) is 4.67. The van der Waals surface area contributed by atoms with Crippen molar-refractivity contribution in [1.82, 2.24) is 9.61 Å². The number of rotatable bonds is 3. The van der Waals surface area contributed by atoms with Crippen LogP contribution in [0.5, 0.6) is 0 Å². The molecule has 0 saturated carbocycles. The molecule has 1 aliphatic heterocycles. The van der Waals surface area contributed by atoms with Crippen LogP contribution in [-0.4, -0.2) is 28.2 Å². The number of hydrogen-bond donors (Lipinski definition) is 1. The number of alkyl halides is 1. The molecule has 0 radical (unpaired) electrons. The van der Waals surface area contributed by atoms with Crippen molar-refractivity contribution in [3.63, 3.8) is 0 Å². The number of amides is 1. The number of aromatic nitrogens is 2. The summed E-state index contributed by atoms with van der Waals surface area (Å²) in [5, 5.41) is 4.04. The smallest absolute Gasteiger partial charge is 0.252 e. The Morgan fingerprint density at radius 1 is 1.23 bits per heavy atom. The molecule has 5 nitrogen and oxygen atoms in total. The Hall–Kier alpha value is -3.03. The highest BCUT2D eigenvalue weighted by Gasteiger charge is 2.35. The number of pyridine rings is 1. The normalized spacial score (nSPS) is 20.0. The molecule has 3 heterocycles. The van der Waals surface area contributed by atoms with Crippen LogP contribution in [-0.2, 0) is 0 Å². The van der Waals surface area contributed by atoms with Crippen molar-refractivity contribution in [3.8, 4) is 0 Å². The summed E-state index contributed by atoms with van der Waals surface area (Å²) in [6.07, 6.45) is 1.84. The molecule has 0 spiro atoms. The van der Waals surface area contributed by atoms with Gasteiger partial charge >= 0.3 is 0 Å². The van der Waals surface area contributed by atoms with Gasteiger partial charge in [0.25, 0.3) is 5.91 Å². The Morgan fingerprint density at radius 3 is 2.81 bits per heavy atom. The van der Waals surface area contributed by atoms with Crippen LogP contribution in [0, 0.1) is 11.6 Å². The summed E-state index contributed by atoms with van der Waals surface area (Å²) >= 11 is 0. The fourth-order valence-corrected chi connectivity index (χ4v) is 3.47. The summed E-state index contributed by atoms with van der Waals surface area (Å²) in [7, 11) is 0. The van der Waals surface area contributed by atoms with E-state index in [1.807, 2.05) is 0 Å². The molecule has 4 rings (SSSR count). The second-order valence-corrected chi connectivity index (χ2v) is 6.30. The molecule has 2 atom stereocenters. The average molecular weight is 360 g/mol. The van der Waals surface area contributed by atoms with Gasteiger partial charge in [-0.2, -0.15) is 5.10 Å². The number of nitrogens with zero attached hydrogens (tertiary/aromatic N) is 3. The van der Waals surface area contributed by atoms with Crippen LogP contribution >= 0.6 is 0 Å². The van der Waals surface area contributed by atoms with Gasteiger partial charge in [0.2, 0.25) is 0 Å².